The van der Waals surface area contributed by atoms with Crippen LogP contribution in [0.1, 0.15) is 48.2 Å². The smallest absolute Gasteiger partial charge is 0.254 e. The highest BCUT2D eigenvalue weighted by molar-refractivity contribution is 7.67. The van der Waals surface area contributed by atoms with Gasteiger partial charge in [-0.3, -0.25) is 9.36 Å². The minimum Gasteiger partial charge on any atom is -0.339 e. The summed E-state index contributed by atoms with van der Waals surface area (Å²) in [4.78, 5) is 13.0. The van der Waals surface area contributed by atoms with Gasteiger partial charge >= 0.3 is 0 Å². The third kappa shape index (κ3) is 5.72. The van der Waals surface area contributed by atoms with Gasteiger partial charge in [-0.15, -0.1) is 0 Å². The lowest BCUT2D eigenvalue weighted by atomic mass is 10.0. The Kier molecular flexibility index (Phi) is 7.84. The molecule has 0 aliphatic heterocycles. The van der Waals surface area contributed by atoms with Crippen molar-refractivity contribution in [2.45, 2.75) is 38.9 Å². The molecule has 0 aliphatic carbocycles. The standard InChI is InChI=1S/C26H30NO3P/c1-4-30-31(29,24-13-9-6-10-14-24)25(27-26(28)23-11-7-5-8-12-23)19-21-15-17-22(18-16-21)20(2)3/h5-18,20,25H,4,19H2,1-3H3,(H,27,28)/t25-,31?/m0/s1. The third-order valence-electron chi connectivity index (χ3n) is 5.26. The van der Waals surface area contributed by atoms with Crippen LogP contribution in [0.25, 0.3) is 0 Å². The largest absolute Gasteiger partial charge is 0.339 e. The quantitative estimate of drug-likeness (QED) is 0.436. The Hall–Kier alpha value is -2.68. The predicted octanol–water partition coefficient (Wildman–Crippen LogP) is 5.75. The second-order valence-electron chi connectivity index (χ2n) is 7.81. The number of carbonyl (C=O) groups excluding carboxylic acids is 1. The third-order valence-corrected chi connectivity index (χ3v) is 8.05. The van der Waals surface area contributed by atoms with Gasteiger partial charge in [0.05, 0.1) is 6.61 Å². The number of carbonyl (C=O) groups is 1. The van der Waals surface area contributed by atoms with Gasteiger partial charge in [0.2, 0.25) is 0 Å². The zero-order valence-electron chi connectivity index (χ0n) is 18.3. The van der Waals surface area contributed by atoms with Crippen molar-refractivity contribution in [2.24, 2.45) is 0 Å². The molecule has 0 radical (unpaired) electrons. The maximum atomic E-state index is 14.2. The number of amides is 1. The Morgan fingerprint density at radius 3 is 2.03 bits per heavy atom. The fraction of sp³-hybridized carbons (Fsp3) is 0.269. The molecular formula is C26H30NO3P. The summed E-state index contributed by atoms with van der Waals surface area (Å²) < 4.78 is 20.1. The lowest BCUT2D eigenvalue weighted by Gasteiger charge is -2.28. The van der Waals surface area contributed by atoms with Gasteiger partial charge in [0.15, 0.2) is 0 Å². The van der Waals surface area contributed by atoms with E-state index in [4.69, 9.17) is 4.52 Å². The average molecular weight is 436 g/mol. The molecule has 1 N–H and O–H groups in total. The van der Waals surface area contributed by atoms with E-state index in [-0.39, 0.29) is 12.5 Å². The summed E-state index contributed by atoms with van der Waals surface area (Å²) >= 11 is 0. The van der Waals surface area contributed by atoms with Crippen LogP contribution >= 0.6 is 7.37 Å². The molecule has 162 valence electrons. The van der Waals surface area contributed by atoms with Crippen molar-refractivity contribution >= 4 is 18.6 Å². The topological polar surface area (TPSA) is 55.4 Å². The molecule has 0 spiro atoms. The van der Waals surface area contributed by atoms with Gasteiger partial charge in [0.1, 0.15) is 5.78 Å². The van der Waals surface area contributed by atoms with E-state index in [0.717, 1.165) is 5.56 Å². The van der Waals surface area contributed by atoms with Crippen molar-refractivity contribution in [3.05, 3.63) is 102 Å². The van der Waals surface area contributed by atoms with Gasteiger partial charge in [-0.1, -0.05) is 74.5 Å². The normalized spacial score (nSPS) is 14.1. The molecule has 3 aromatic rings. The highest BCUT2D eigenvalue weighted by Crippen LogP contribution is 2.50. The van der Waals surface area contributed by atoms with Crippen molar-refractivity contribution in [2.75, 3.05) is 6.61 Å². The molecule has 0 fully saturated rings. The average Bonchev–Trinajstić information content (AvgIpc) is 2.80. The Morgan fingerprint density at radius 2 is 1.48 bits per heavy atom. The molecule has 0 saturated carbocycles. The summed E-state index contributed by atoms with van der Waals surface area (Å²) in [6.45, 7) is 6.41. The maximum absolute atomic E-state index is 14.2. The van der Waals surface area contributed by atoms with Gasteiger partial charge in [-0.25, -0.2) is 0 Å². The first kappa shape index (κ1) is 23.0. The molecule has 4 nitrogen and oxygen atoms in total. The lowest BCUT2D eigenvalue weighted by Crippen LogP contribution is -2.39. The first-order valence-corrected chi connectivity index (χ1v) is 12.4. The first-order valence-electron chi connectivity index (χ1n) is 10.7. The molecule has 31 heavy (non-hydrogen) atoms. The van der Waals surface area contributed by atoms with Crippen LogP contribution in [0.2, 0.25) is 0 Å². The van der Waals surface area contributed by atoms with Crippen molar-refractivity contribution in [3.63, 3.8) is 0 Å². The second kappa shape index (κ2) is 10.6. The summed E-state index contributed by atoms with van der Waals surface area (Å²) in [7, 11) is -3.38. The van der Waals surface area contributed by atoms with E-state index in [1.807, 2.05) is 55.5 Å². The summed E-state index contributed by atoms with van der Waals surface area (Å²) in [5.41, 5.74) is 2.77. The molecule has 1 amide bonds. The van der Waals surface area contributed by atoms with Crippen LogP contribution in [0, 0.1) is 0 Å². The van der Waals surface area contributed by atoms with Gasteiger partial charge in [-0.05, 0) is 48.2 Å². The Labute approximate surface area is 185 Å². The van der Waals surface area contributed by atoms with E-state index in [2.05, 4.69) is 31.3 Å². The van der Waals surface area contributed by atoms with E-state index in [1.54, 1.807) is 24.3 Å². The van der Waals surface area contributed by atoms with Crippen LogP contribution in [0.4, 0.5) is 0 Å². The Morgan fingerprint density at radius 1 is 0.903 bits per heavy atom. The molecule has 0 aliphatic rings. The fourth-order valence-electron chi connectivity index (χ4n) is 3.51. The maximum Gasteiger partial charge on any atom is 0.254 e. The van der Waals surface area contributed by atoms with E-state index in [9.17, 15) is 9.36 Å². The molecule has 1 unspecified atom stereocenters. The summed E-state index contributed by atoms with van der Waals surface area (Å²) in [5.74, 6) is -0.519. The van der Waals surface area contributed by atoms with Crippen LogP contribution in [-0.2, 0) is 15.5 Å². The molecular weight excluding hydrogens is 405 g/mol. The Bertz CT molecular complexity index is 1020. The minimum absolute atomic E-state index is 0.264. The van der Waals surface area contributed by atoms with Gasteiger partial charge < -0.3 is 9.84 Å². The first-order chi connectivity index (χ1) is 14.9. The van der Waals surface area contributed by atoms with Crippen molar-refractivity contribution in [1.29, 1.82) is 0 Å². The van der Waals surface area contributed by atoms with Crippen LogP contribution in [0.15, 0.2) is 84.9 Å². The lowest BCUT2D eigenvalue weighted by molar-refractivity contribution is 0.0945. The number of nitrogens with one attached hydrogen (secondary N) is 1. The van der Waals surface area contributed by atoms with E-state index >= 15 is 0 Å². The van der Waals surface area contributed by atoms with Crippen molar-refractivity contribution in [1.82, 2.24) is 5.32 Å². The number of benzene rings is 3. The van der Waals surface area contributed by atoms with Crippen LogP contribution in [0.5, 0.6) is 0 Å². The molecule has 2 atom stereocenters. The molecule has 3 aromatic carbocycles. The number of rotatable bonds is 9. The van der Waals surface area contributed by atoms with Crippen molar-refractivity contribution < 1.29 is 13.9 Å². The molecule has 3 rings (SSSR count). The zero-order valence-corrected chi connectivity index (χ0v) is 19.2. The predicted molar refractivity (Wildman–Crippen MR) is 127 cm³/mol. The van der Waals surface area contributed by atoms with E-state index in [1.165, 1.54) is 5.56 Å². The fourth-order valence-corrected chi connectivity index (χ4v) is 5.91. The highest BCUT2D eigenvalue weighted by atomic mass is 31.2. The Balaban J connectivity index is 1.97. The monoisotopic (exact) mass is 435 g/mol. The SMILES string of the molecule is CCOP(=O)(c1ccccc1)[C@@H](Cc1ccc(C(C)C)cc1)NC(=O)c1ccccc1. The molecule has 5 heteroatoms. The molecule has 0 saturated heterocycles. The van der Waals surface area contributed by atoms with Crippen molar-refractivity contribution in [3.8, 4) is 0 Å². The number of hydrogen-bond donors (Lipinski definition) is 1. The molecule has 0 bridgehead atoms. The molecule has 0 heterocycles. The van der Waals surface area contributed by atoms with Gasteiger partial charge in [0, 0.05) is 17.3 Å². The summed E-state index contributed by atoms with van der Waals surface area (Å²) in [6.07, 6.45) is 0.406. The van der Waals surface area contributed by atoms with E-state index in [0.29, 0.717) is 23.2 Å². The summed E-state index contributed by atoms with van der Waals surface area (Å²) in [6, 6.07) is 26.4. The second-order valence-corrected chi connectivity index (χ2v) is 10.4. The van der Waals surface area contributed by atoms with Crippen LogP contribution < -0.4 is 10.6 Å². The number of hydrogen-bond acceptors (Lipinski definition) is 3. The van der Waals surface area contributed by atoms with Crippen LogP contribution in [-0.4, -0.2) is 18.3 Å². The van der Waals surface area contributed by atoms with Crippen LogP contribution in [0.3, 0.4) is 0 Å². The van der Waals surface area contributed by atoms with E-state index < -0.39 is 13.2 Å². The molecule has 0 aromatic heterocycles. The summed E-state index contributed by atoms with van der Waals surface area (Å²) in [5, 5.41) is 3.62. The van der Waals surface area contributed by atoms with Gasteiger partial charge in [0.25, 0.3) is 13.3 Å². The van der Waals surface area contributed by atoms with Gasteiger partial charge in [-0.2, -0.15) is 0 Å². The zero-order chi connectivity index (χ0) is 22.3. The highest BCUT2D eigenvalue weighted by Gasteiger charge is 2.37. The minimum atomic E-state index is -3.38.